The first-order valence-electron chi connectivity index (χ1n) is 8.00. The van der Waals surface area contributed by atoms with Gasteiger partial charge in [-0.2, -0.15) is 0 Å². The molecule has 1 heterocycles. The first kappa shape index (κ1) is 18.6. The van der Waals surface area contributed by atoms with Crippen LogP contribution in [0.3, 0.4) is 0 Å². The predicted octanol–water partition coefficient (Wildman–Crippen LogP) is 3.34. The summed E-state index contributed by atoms with van der Waals surface area (Å²) in [7, 11) is 3.39. The van der Waals surface area contributed by atoms with Gasteiger partial charge in [0.2, 0.25) is 0 Å². The van der Waals surface area contributed by atoms with Crippen molar-refractivity contribution in [3.63, 3.8) is 0 Å². The van der Waals surface area contributed by atoms with E-state index in [0.717, 1.165) is 41.4 Å². The van der Waals surface area contributed by atoms with Crippen molar-refractivity contribution in [2.24, 2.45) is 0 Å². The zero-order valence-corrected chi connectivity index (χ0v) is 15.7. The Morgan fingerprint density at radius 2 is 2.12 bits per heavy atom. The van der Waals surface area contributed by atoms with Gasteiger partial charge in [-0.05, 0) is 37.2 Å². The van der Waals surface area contributed by atoms with E-state index in [1.54, 1.807) is 11.3 Å². The van der Waals surface area contributed by atoms with Crippen LogP contribution in [0.25, 0.3) is 10.2 Å². The third kappa shape index (κ3) is 5.72. The SMILES string of the molecule is COC(=O)CCCCCNC(=S)N(C)Cc1nc2ccccc2s1. The van der Waals surface area contributed by atoms with Crippen molar-refractivity contribution >= 4 is 44.9 Å². The molecular weight excluding hydrogens is 342 g/mol. The van der Waals surface area contributed by atoms with Crippen molar-refractivity contribution in [1.82, 2.24) is 15.2 Å². The van der Waals surface area contributed by atoms with Crippen LogP contribution < -0.4 is 5.32 Å². The van der Waals surface area contributed by atoms with Crippen LogP contribution in [-0.2, 0) is 16.1 Å². The number of nitrogens with zero attached hydrogens (tertiary/aromatic N) is 2. The van der Waals surface area contributed by atoms with Crippen LogP contribution in [0, 0.1) is 0 Å². The monoisotopic (exact) mass is 365 g/mol. The minimum absolute atomic E-state index is 0.144. The summed E-state index contributed by atoms with van der Waals surface area (Å²) < 4.78 is 5.82. The molecule has 1 aromatic heterocycles. The van der Waals surface area contributed by atoms with Gasteiger partial charge in [-0.25, -0.2) is 4.98 Å². The fourth-order valence-corrected chi connectivity index (χ4v) is 3.45. The first-order chi connectivity index (χ1) is 11.6. The topological polar surface area (TPSA) is 54.5 Å². The highest BCUT2D eigenvalue weighted by Gasteiger charge is 2.09. The average Bonchev–Trinajstić information content (AvgIpc) is 2.99. The maximum Gasteiger partial charge on any atom is 0.305 e. The zero-order chi connectivity index (χ0) is 17.4. The molecular formula is C17H23N3O2S2. The number of carbonyl (C=O) groups excluding carboxylic acids is 1. The van der Waals surface area contributed by atoms with Crippen LogP contribution >= 0.6 is 23.6 Å². The largest absolute Gasteiger partial charge is 0.469 e. The Hall–Kier alpha value is -1.73. The average molecular weight is 366 g/mol. The van der Waals surface area contributed by atoms with Crippen LogP contribution in [0.4, 0.5) is 0 Å². The van der Waals surface area contributed by atoms with E-state index in [2.05, 4.69) is 21.1 Å². The minimum Gasteiger partial charge on any atom is -0.469 e. The Morgan fingerprint density at radius 1 is 1.33 bits per heavy atom. The number of esters is 1. The van der Waals surface area contributed by atoms with Gasteiger partial charge in [-0.3, -0.25) is 4.79 Å². The van der Waals surface area contributed by atoms with Crippen molar-refractivity contribution in [2.75, 3.05) is 20.7 Å². The molecule has 0 fully saturated rings. The number of thiazole rings is 1. The fraction of sp³-hybridized carbons (Fsp3) is 0.471. The Balaban J connectivity index is 1.67. The van der Waals surface area contributed by atoms with Gasteiger partial charge in [-0.1, -0.05) is 18.6 Å². The second kappa shape index (κ2) is 9.54. The maximum atomic E-state index is 11.0. The number of fused-ring (bicyclic) bond motifs is 1. The Morgan fingerprint density at radius 3 is 2.88 bits per heavy atom. The van der Waals surface area contributed by atoms with Gasteiger partial charge in [0, 0.05) is 20.0 Å². The number of hydrogen-bond acceptors (Lipinski definition) is 5. The number of ether oxygens (including phenoxy) is 1. The lowest BCUT2D eigenvalue weighted by Crippen LogP contribution is -2.37. The van der Waals surface area contributed by atoms with Crippen molar-refractivity contribution in [2.45, 2.75) is 32.2 Å². The molecule has 0 saturated heterocycles. The van der Waals surface area contributed by atoms with Crippen molar-refractivity contribution in [1.29, 1.82) is 0 Å². The highest BCUT2D eigenvalue weighted by molar-refractivity contribution is 7.80. The number of nitrogens with one attached hydrogen (secondary N) is 1. The number of carbonyl (C=O) groups is 1. The fourth-order valence-electron chi connectivity index (χ4n) is 2.27. The number of aromatic nitrogens is 1. The Bertz CT molecular complexity index is 654. The van der Waals surface area contributed by atoms with Crippen molar-refractivity contribution in [3.8, 4) is 0 Å². The molecule has 24 heavy (non-hydrogen) atoms. The van der Waals surface area contributed by atoms with Gasteiger partial charge in [0.25, 0.3) is 0 Å². The van der Waals surface area contributed by atoms with Gasteiger partial charge in [0.1, 0.15) is 5.01 Å². The molecule has 0 aliphatic heterocycles. The summed E-state index contributed by atoms with van der Waals surface area (Å²) in [4.78, 5) is 17.6. The van der Waals surface area contributed by atoms with E-state index in [1.165, 1.54) is 11.8 Å². The van der Waals surface area contributed by atoms with Crippen LogP contribution in [-0.4, -0.2) is 41.7 Å². The minimum atomic E-state index is -0.144. The summed E-state index contributed by atoms with van der Waals surface area (Å²) in [6.45, 7) is 1.51. The number of thiocarbonyl (C=S) groups is 1. The van der Waals surface area contributed by atoms with E-state index in [4.69, 9.17) is 12.2 Å². The molecule has 1 N–H and O–H groups in total. The number of unbranched alkanes of at least 4 members (excludes halogenated alkanes) is 2. The standard InChI is InChI=1S/C17H23N3O2S2/c1-20(12-15-19-13-8-5-6-9-14(13)24-15)17(23)18-11-7-3-4-10-16(21)22-2/h5-6,8-9H,3-4,7,10-12H2,1-2H3,(H,18,23). The van der Waals surface area contributed by atoms with Gasteiger partial charge >= 0.3 is 5.97 Å². The Kier molecular flexibility index (Phi) is 7.39. The summed E-state index contributed by atoms with van der Waals surface area (Å²) in [6.07, 6.45) is 3.29. The number of hydrogen-bond donors (Lipinski definition) is 1. The quantitative estimate of drug-likeness (QED) is 0.440. The van der Waals surface area contributed by atoms with Gasteiger partial charge < -0.3 is 15.0 Å². The summed E-state index contributed by atoms with van der Waals surface area (Å²) in [5.74, 6) is -0.144. The van der Waals surface area contributed by atoms with Crippen LogP contribution in [0.5, 0.6) is 0 Å². The molecule has 0 saturated carbocycles. The summed E-state index contributed by atoms with van der Waals surface area (Å²) in [5.41, 5.74) is 1.04. The highest BCUT2D eigenvalue weighted by atomic mass is 32.1. The van der Waals surface area contributed by atoms with Crippen LogP contribution in [0.15, 0.2) is 24.3 Å². The molecule has 0 radical (unpaired) electrons. The molecule has 2 rings (SSSR count). The molecule has 0 unspecified atom stereocenters. The second-order valence-corrected chi connectivity index (χ2v) is 7.05. The summed E-state index contributed by atoms with van der Waals surface area (Å²) in [6, 6.07) is 8.14. The lowest BCUT2D eigenvalue weighted by molar-refractivity contribution is -0.140. The van der Waals surface area contributed by atoms with Crippen LogP contribution in [0.1, 0.15) is 30.7 Å². The first-order valence-corrected chi connectivity index (χ1v) is 9.23. The molecule has 1 aromatic carbocycles. The van der Waals surface area contributed by atoms with E-state index >= 15 is 0 Å². The van der Waals surface area contributed by atoms with Gasteiger partial charge in [0.15, 0.2) is 5.11 Å². The molecule has 5 nitrogen and oxygen atoms in total. The molecule has 0 aliphatic rings. The molecule has 2 aromatic rings. The number of rotatable bonds is 8. The zero-order valence-electron chi connectivity index (χ0n) is 14.1. The number of methoxy groups -OCH3 is 1. The van der Waals surface area contributed by atoms with Gasteiger partial charge in [0.05, 0.1) is 23.9 Å². The molecule has 130 valence electrons. The predicted molar refractivity (Wildman–Crippen MR) is 102 cm³/mol. The summed E-state index contributed by atoms with van der Waals surface area (Å²) >= 11 is 7.11. The van der Waals surface area contributed by atoms with E-state index in [9.17, 15) is 4.79 Å². The van der Waals surface area contributed by atoms with E-state index < -0.39 is 0 Å². The van der Waals surface area contributed by atoms with E-state index in [-0.39, 0.29) is 5.97 Å². The van der Waals surface area contributed by atoms with Crippen molar-refractivity contribution in [3.05, 3.63) is 29.3 Å². The third-order valence-corrected chi connectivity index (χ3v) is 5.10. The Labute approximate surface area is 152 Å². The molecule has 0 aliphatic carbocycles. The van der Waals surface area contributed by atoms with Crippen molar-refractivity contribution < 1.29 is 9.53 Å². The van der Waals surface area contributed by atoms with E-state index in [0.29, 0.717) is 13.0 Å². The molecule has 0 amide bonds. The maximum absolute atomic E-state index is 11.0. The molecule has 0 atom stereocenters. The lowest BCUT2D eigenvalue weighted by atomic mass is 10.2. The summed E-state index contributed by atoms with van der Waals surface area (Å²) in [5, 5.41) is 5.04. The molecule has 0 spiro atoms. The second-order valence-electron chi connectivity index (χ2n) is 5.55. The molecule has 7 heteroatoms. The number of para-hydroxylation sites is 1. The number of benzene rings is 1. The van der Waals surface area contributed by atoms with Gasteiger partial charge in [-0.15, -0.1) is 11.3 Å². The van der Waals surface area contributed by atoms with Crippen LogP contribution in [0.2, 0.25) is 0 Å². The third-order valence-electron chi connectivity index (χ3n) is 3.62. The highest BCUT2D eigenvalue weighted by Crippen LogP contribution is 2.22. The molecule has 0 bridgehead atoms. The normalized spacial score (nSPS) is 10.6. The lowest BCUT2D eigenvalue weighted by Gasteiger charge is -2.19. The van der Waals surface area contributed by atoms with E-state index in [1.807, 2.05) is 30.1 Å². The smallest absolute Gasteiger partial charge is 0.305 e.